The Morgan fingerprint density at radius 2 is 1.59 bits per heavy atom. The van der Waals surface area contributed by atoms with Crippen LogP contribution in [0.3, 0.4) is 0 Å². The summed E-state index contributed by atoms with van der Waals surface area (Å²) in [4.78, 5) is 22.4. The fraction of sp³-hybridized carbons (Fsp3) is 0.636. The lowest BCUT2D eigenvalue weighted by atomic mass is 10.2. The molecule has 0 aliphatic carbocycles. The Labute approximate surface area is 99.8 Å². The van der Waals surface area contributed by atoms with Crippen molar-refractivity contribution in [3.8, 4) is 0 Å². The Balaban J connectivity index is 4.08. The minimum Gasteiger partial charge on any atom is -0.436 e. The zero-order valence-electron chi connectivity index (χ0n) is 10.0. The van der Waals surface area contributed by atoms with Crippen LogP contribution in [-0.4, -0.2) is 34.7 Å². The molecule has 6 nitrogen and oxygen atoms in total. The lowest BCUT2D eigenvalue weighted by Crippen LogP contribution is -2.21. The summed E-state index contributed by atoms with van der Waals surface area (Å²) in [5.74, 6) is -1.63. The van der Waals surface area contributed by atoms with Crippen LogP contribution >= 0.6 is 0 Å². The normalized spacial score (nSPS) is 13.6. The summed E-state index contributed by atoms with van der Waals surface area (Å²) in [6, 6.07) is 0. The highest BCUT2D eigenvalue weighted by Crippen LogP contribution is 2.07. The van der Waals surface area contributed by atoms with Crippen LogP contribution < -0.4 is 0 Å². The third kappa shape index (κ3) is 6.70. The molecule has 6 heteroatoms. The molecule has 0 saturated heterocycles. The van der Waals surface area contributed by atoms with Crippen LogP contribution in [0.15, 0.2) is 12.2 Å². The van der Waals surface area contributed by atoms with Gasteiger partial charge in [0.2, 0.25) is 6.29 Å². The van der Waals surface area contributed by atoms with Gasteiger partial charge in [0.1, 0.15) is 0 Å². The van der Waals surface area contributed by atoms with Crippen molar-refractivity contribution in [1.82, 2.24) is 0 Å². The highest BCUT2D eigenvalue weighted by atomic mass is 16.6. The Morgan fingerprint density at radius 3 is 2.06 bits per heavy atom. The van der Waals surface area contributed by atoms with Gasteiger partial charge < -0.3 is 19.7 Å². The van der Waals surface area contributed by atoms with Gasteiger partial charge in [0.05, 0.1) is 6.42 Å². The zero-order valence-corrected chi connectivity index (χ0v) is 10.0. The second-order valence-corrected chi connectivity index (χ2v) is 3.40. The number of aliphatic hydroxyl groups is 2. The van der Waals surface area contributed by atoms with E-state index in [1.807, 2.05) is 0 Å². The van der Waals surface area contributed by atoms with E-state index in [4.69, 9.17) is 10.2 Å². The van der Waals surface area contributed by atoms with Gasteiger partial charge in [-0.25, -0.2) is 4.79 Å². The maximum atomic E-state index is 11.3. The number of rotatable bonds is 7. The Hall–Kier alpha value is -1.40. The van der Waals surface area contributed by atoms with Gasteiger partial charge in [-0.15, -0.1) is 0 Å². The molecule has 0 aromatic heterocycles. The molecular formula is C11H18O6. The Morgan fingerprint density at radius 1 is 1.12 bits per heavy atom. The fourth-order valence-corrected chi connectivity index (χ4v) is 0.813. The lowest BCUT2D eigenvalue weighted by molar-refractivity contribution is -0.171. The third-order valence-electron chi connectivity index (χ3n) is 1.86. The monoisotopic (exact) mass is 246 g/mol. The van der Waals surface area contributed by atoms with E-state index >= 15 is 0 Å². The molecule has 0 aliphatic heterocycles. The van der Waals surface area contributed by atoms with Gasteiger partial charge in [-0.3, -0.25) is 4.79 Å². The van der Waals surface area contributed by atoms with E-state index in [0.717, 1.165) is 0 Å². The van der Waals surface area contributed by atoms with Crippen molar-refractivity contribution in [1.29, 1.82) is 0 Å². The van der Waals surface area contributed by atoms with Crippen LogP contribution in [0.1, 0.15) is 33.1 Å². The number of aliphatic hydroxyl groups excluding tert-OH is 2. The van der Waals surface area contributed by atoms with Gasteiger partial charge in [0, 0.05) is 18.4 Å². The first-order valence-electron chi connectivity index (χ1n) is 5.35. The summed E-state index contributed by atoms with van der Waals surface area (Å²) in [6.07, 6.45) is -2.27. The van der Waals surface area contributed by atoms with E-state index in [1.165, 1.54) is 0 Å². The molecule has 0 radical (unpaired) electrons. The first-order chi connectivity index (χ1) is 7.90. The molecule has 0 aliphatic rings. The topological polar surface area (TPSA) is 93.1 Å². The van der Waals surface area contributed by atoms with Gasteiger partial charge in [-0.05, 0) is 0 Å². The molecule has 0 aromatic carbocycles. The molecule has 0 saturated carbocycles. The van der Waals surface area contributed by atoms with Gasteiger partial charge in [0.25, 0.3) is 0 Å². The zero-order chi connectivity index (χ0) is 13.4. The van der Waals surface area contributed by atoms with E-state index < -0.39 is 24.5 Å². The number of hydrogen-bond acceptors (Lipinski definition) is 6. The summed E-state index contributed by atoms with van der Waals surface area (Å²) in [7, 11) is 0. The first-order valence-corrected chi connectivity index (χ1v) is 5.35. The first kappa shape index (κ1) is 15.6. The fourth-order valence-electron chi connectivity index (χ4n) is 0.813. The van der Waals surface area contributed by atoms with Gasteiger partial charge in [-0.2, -0.15) is 0 Å². The Kier molecular flexibility index (Phi) is 7.16. The smallest absolute Gasteiger partial charge is 0.336 e. The predicted molar refractivity (Wildman–Crippen MR) is 58.5 cm³/mol. The SMILES string of the molecule is C=C(CC(=O)OC(O)CC)C(=O)OC(O)CC. The van der Waals surface area contributed by atoms with E-state index in [2.05, 4.69) is 16.1 Å². The Bertz CT molecular complexity index is 286. The number of carbonyl (C=O) groups excluding carboxylic acids is 2. The molecule has 0 rings (SSSR count). The van der Waals surface area contributed by atoms with Gasteiger partial charge in [-0.1, -0.05) is 20.4 Å². The molecule has 0 spiro atoms. The molecule has 0 aromatic rings. The number of hydrogen-bond donors (Lipinski definition) is 2. The minimum atomic E-state index is -1.21. The molecule has 2 atom stereocenters. The van der Waals surface area contributed by atoms with Crippen molar-refractivity contribution in [2.75, 3.05) is 0 Å². The van der Waals surface area contributed by atoms with E-state index in [1.54, 1.807) is 13.8 Å². The summed E-state index contributed by atoms with van der Waals surface area (Å²) in [6.45, 7) is 6.62. The molecule has 2 N–H and O–H groups in total. The molecule has 17 heavy (non-hydrogen) atoms. The molecule has 0 heterocycles. The number of carbonyl (C=O) groups is 2. The second kappa shape index (κ2) is 7.81. The van der Waals surface area contributed by atoms with Crippen LogP contribution in [0.4, 0.5) is 0 Å². The maximum Gasteiger partial charge on any atom is 0.336 e. The number of esters is 2. The van der Waals surface area contributed by atoms with Gasteiger partial charge in [0.15, 0.2) is 6.29 Å². The second-order valence-electron chi connectivity index (χ2n) is 3.40. The van der Waals surface area contributed by atoms with Crippen molar-refractivity contribution in [3.05, 3.63) is 12.2 Å². The van der Waals surface area contributed by atoms with Crippen molar-refractivity contribution < 1.29 is 29.3 Å². The largest absolute Gasteiger partial charge is 0.436 e. The van der Waals surface area contributed by atoms with Crippen molar-refractivity contribution in [2.24, 2.45) is 0 Å². The van der Waals surface area contributed by atoms with Crippen molar-refractivity contribution >= 4 is 11.9 Å². The molecule has 98 valence electrons. The summed E-state index contributed by atoms with van der Waals surface area (Å²) < 4.78 is 9.08. The highest BCUT2D eigenvalue weighted by molar-refractivity contribution is 5.93. The lowest BCUT2D eigenvalue weighted by Gasteiger charge is -2.12. The summed E-state index contributed by atoms with van der Waals surface area (Å²) in [5, 5.41) is 18.1. The molecule has 0 fully saturated rings. The predicted octanol–water partition coefficient (Wildman–Crippen LogP) is 0.476. The standard InChI is InChI=1S/C11H18O6/c1-4-8(12)16-10(14)6-7(3)11(15)17-9(13)5-2/h8-9,12-13H,3-6H2,1-2H3. The van der Waals surface area contributed by atoms with E-state index in [-0.39, 0.29) is 24.8 Å². The summed E-state index contributed by atoms with van der Waals surface area (Å²) in [5.41, 5.74) is -0.134. The van der Waals surface area contributed by atoms with Crippen molar-refractivity contribution in [2.45, 2.75) is 45.7 Å². The molecule has 0 amide bonds. The highest BCUT2D eigenvalue weighted by Gasteiger charge is 2.18. The maximum absolute atomic E-state index is 11.3. The van der Waals surface area contributed by atoms with Crippen LogP contribution in [0.5, 0.6) is 0 Å². The average molecular weight is 246 g/mol. The van der Waals surface area contributed by atoms with Crippen molar-refractivity contribution in [3.63, 3.8) is 0 Å². The molecule has 0 bridgehead atoms. The van der Waals surface area contributed by atoms with Crippen LogP contribution in [0, 0.1) is 0 Å². The molecule has 2 unspecified atom stereocenters. The minimum absolute atomic E-state index is 0.134. The van der Waals surface area contributed by atoms with Crippen LogP contribution in [0.25, 0.3) is 0 Å². The molecular weight excluding hydrogens is 228 g/mol. The third-order valence-corrected chi connectivity index (χ3v) is 1.86. The number of ether oxygens (including phenoxy) is 2. The van der Waals surface area contributed by atoms with Gasteiger partial charge >= 0.3 is 11.9 Å². The van der Waals surface area contributed by atoms with E-state index in [0.29, 0.717) is 0 Å². The quantitative estimate of drug-likeness (QED) is 0.385. The summed E-state index contributed by atoms with van der Waals surface area (Å²) >= 11 is 0. The van der Waals surface area contributed by atoms with E-state index in [9.17, 15) is 9.59 Å². The average Bonchev–Trinajstić information content (AvgIpc) is 2.28. The van der Waals surface area contributed by atoms with Crippen LogP contribution in [0.2, 0.25) is 0 Å². The van der Waals surface area contributed by atoms with Crippen LogP contribution in [-0.2, 0) is 19.1 Å².